The molecule has 0 spiro atoms. The summed E-state index contributed by atoms with van der Waals surface area (Å²) in [6.45, 7) is 3.85. The molecule has 3 rings (SSSR count). The molecule has 4 heteroatoms. The predicted molar refractivity (Wildman–Crippen MR) is 78.2 cm³/mol. The van der Waals surface area contributed by atoms with Crippen molar-refractivity contribution in [2.45, 2.75) is 19.4 Å². The van der Waals surface area contributed by atoms with Crippen molar-refractivity contribution in [2.75, 3.05) is 23.7 Å². The summed E-state index contributed by atoms with van der Waals surface area (Å²) in [7, 11) is 0. The molecule has 0 bridgehead atoms. The molecule has 2 atom stereocenters. The minimum absolute atomic E-state index is 0.182. The first kappa shape index (κ1) is 12.2. The van der Waals surface area contributed by atoms with Crippen LogP contribution in [0.5, 0.6) is 0 Å². The van der Waals surface area contributed by atoms with Gasteiger partial charge in [-0.15, -0.1) is 0 Å². The first-order valence-electron chi connectivity index (χ1n) is 6.72. The topological polar surface area (TPSA) is 62.4 Å². The molecule has 0 radical (unpaired) electrons. The Bertz CT molecular complexity index is 599. The molecule has 1 aromatic heterocycles. The molecule has 19 heavy (non-hydrogen) atoms. The molecule has 2 aromatic rings. The summed E-state index contributed by atoms with van der Waals surface area (Å²) in [4.78, 5) is 6.48. The van der Waals surface area contributed by atoms with Gasteiger partial charge in [-0.2, -0.15) is 0 Å². The van der Waals surface area contributed by atoms with Crippen LogP contribution in [0.25, 0.3) is 10.8 Å². The van der Waals surface area contributed by atoms with Crippen molar-refractivity contribution in [3.05, 3.63) is 30.6 Å². The second-order valence-corrected chi connectivity index (χ2v) is 5.37. The molecule has 0 amide bonds. The highest BCUT2D eigenvalue weighted by molar-refractivity contribution is 6.00. The van der Waals surface area contributed by atoms with Gasteiger partial charge in [-0.3, -0.25) is 4.98 Å². The van der Waals surface area contributed by atoms with Gasteiger partial charge in [0.15, 0.2) is 0 Å². The predicted octanol–water partition coefficient (Wildman–Crippen LogP) is 2.02. The minimum Gasteiger partial charge on any atom is -0.398 e. The molecule has 1 fully saturated rings. The van der Waals surface area contributed by atoms with Crippen LogP contribution in [0.4, 0.5) is 11.4 Å². The smallest absolute Gasteiger partial charge is 0.0599 e. The molecule has 100 valence electrons. The van der Waals surface area contributed by atoms with Gasteiger partial charge in [-0.1, -0.05) is 6.92 Å². The van der Waals surface area contributed by atoms with E-state index in [-0.39, 0.29) is 6.10 Å². The molecule has 1 aliphatic rings. The third-order valence-electron chi connectivity index (χ3n) is 4.03. The fourth-order valence-corrected chi connectivity index (χ4v) is 2.82. The van der Waals surface area contributed by atoms with Crippen molar-refractivity contribution in [2.24, 2.45) is 5.92 Å². The number of nitrogen functional groups attached to an aromatic ring is 1. The van der Waals surface area contributed by atoms with Gasteiger partial charge in [0.2, 0.25) is 0 Å². The summed E-state index contributed by atoms with van der Waals surface area (Å²) in [5, 5.41) is 12.0. The third kappa shape index (κ3) is 2.12. The summed E-state index contributed by atoms with van der Waals surface area (Å²) in [5.74, 6) is 0.295. The fourth-order valence-electron chi connectivity index (χ4n) is 2.82. The minimum atomic E-state index is -0.182. The monoisotopic (exact) mass is 257 g/mol. The standard InChI is InChI=1S/C15H19N3O/c1-10-9-18(7-5-15(10)19)14-3-2-13(16)12-8-17-6-4-11(12)14/h2-4,6,8,10,15,19H,5,7,9,16H2,1H3. The van der Waals surface area contributed by atoms with Crippen LogP contribution in [-0.2, 0) is 0 Å². The van der Waals surface area contributed by atoms with E-state index in [1.807, 2.05) is 18.3 Å². The highest BCUT2D eigenvalue weighted by Crippen LogP contribution is 2.32. The molecule has 2 unspecified atom stereocenters. The molecule has 0 saturated carbocycles. The lowest BCUT2D eigenvalue weighted by atomic mass is 9.95. The number of anilines is 2. The van der Waals surface area contributed by atoms with E-state index in [1.54, 1.807) is 6.20 Å². The number of aromatic nitrogens is 1. The lowest BCUT2D eigenvalue weighted by Crippen LogP contribution is -2.42. The van der Waals surface area contributed by atoms with Gasteiger partial charge in [-0.05, 0) is 30.5 Å². The molecule has 1 aliphatic heterocycles. The lowest BCUT2D eigenvalue weighted by Gasteiger charge is -2.36. The Morgan fingerprint density at radius 2 is 2.16 bits per heavy atom. The van der Waals surface area contributed by atoms with Crippen LogP contribution in [0, 0.1) is 5.92 Å². The molecule has 0 aliphatic carbocycles. The van der Waals surface area contributed by atoms with Crippen LogP contribution < -0.4 is 10.6 Å². The maximum absolute atomic E-state index is 9.84. The number of fused-ring (bicyclic) bond motifs is 1. The van der Waals surface area contributed by atoms with E-state index in [0.29, 0.717) is 5.92 Å². The number of hydrogen-bond donors (Lipinski definition) is 2. The average molecular weight is 257 g/mol. The number of aliphatic hydroxyl groups excluding tert-OH is 1. The average Bonchev–Trinajstić information content (AvgIpc) is 2.43. The quantitative estimate of drug-likeness (QED) is 0.767. The number of pyridine rings is 1. The number of aliphatic hydroxyl groups is 1. The van der Waals surface area contributed by atoms with Gasteiger partial charge in [0.1, 0.15) is 0 Å². The van der Waals surface area contributed by atoms with Crippen molar-refractivity contribution in [3.8, 4) is 0 Å². The summed E-state index contributed by atoms with van der Waals surface area (Å²) in [5.41, 5.74) is 7.95. The van der Waals surface area contributed by atoms with Gasteiger partial charge in [0.25, 0.3) is 0 Å². The number of piperidine rings is 1. The van der Waals surface area contributed by atoms with Crippen LogP contribution in [0.1, 0.15) is 13.3 Å². The van der Waals surface area contributed by atoms with Gasteiger partial charge < -0.3 is 15.7 Å². The molecular formula is C15H19N3O. The Balaban J connectivity index is 2.04. The van der Waals surface area contributed by atoms with Gasteiger partial charge in [-0.25, -0.2) is 0 Å². The largest absolute Gasteiger partial charge is 0.398 e. The number of rotatable bonds is 1. The number of hydrogen-bond acceptors (Lipinski definition) is 4. The zero-order chi connectivity index (χ0) is 13.4. The highest BCUT2D eigenvalue weighted by Gasteiger charge is 2.25. The maximum Gasteiger partial charge on any atom is 0.0599 e. The van der Waals surface area contributed by atoms with Crippen LogP contribution in [-0.4, -0.2) is 29.3 Å². The first-order valence-corrected chi connectivity index (χ1v) is 6.72. The van der Waals surface area contributed by atoms with Crippen LogP contribution in [0.2, 0.25) is 0 Å². The second kappa shape index (κ2) is 4.70. The van der Waals surface area contributed by atoms with Gasteiger partial charge >= 0.3 is 0 Å². The molecule has 4 nitrogen and oxygen atoms in total. The van der Waals surface area contributed by atoms with Crippen molar-refractivity contribution in [1.29, 1.82) is 0 Å². The van der Waals surface area contributed by atoms with Crippen molar-refractivity contribution < 1.29 is 5.11 Å². The molecule has 3 N–H and O–H groups in total. The van der Waals surface area contributed by atoms with E-state index in [2.05, 4.69) is 22.9 Å². The zero-order valence-electron chi connectivity index (χ0n) is 11.1. The fraction of sp³-hybridized carbons (Fsp3) is 0.400. The van der Waals surface area contributed by atoms with Crippen molar-refractivity contribution in [3.63, 3.8) is 0 Å². The maximum atomic E-state index is 9.84. The molecule has 2 heterocycles. The highest BCUT2D eigenvalue weighted by atomic mass is 16.3. The summed E-state index contributed by atoms with van der Waals surface area (Å²) in [6, 6.07) is 6.02. The molecule has 1 saturated heterocycles. The SMILES string of the molecule is CC1CN(c2ccc(N)c3cnccc23)CCC1O. The Labute approximate surface area is 112 Å². The van der Waals surface area contributed by atoms with Crippen LogP contribution in [0.15, 0.2) is 30.6 Å². The zero-order valence-corrected chi connectivity index (χ0v) is 11.1. The second-order valence-electron chi connectivity index (χ2n) is 5.37. The summed E-state index contributed by atoms with van der Waals surface area (Å²) in [6.07, 6.45) is 4.25. The van der Waals surface area contributed by atoms with E-state index >= 15 is 0 Å². The number of benzene rings is 1. The van der Waals surface area contributed by atoms with E-state index in [0.717, 1.165) is 36.0 Å². The van der Waals surface area contributed by atoms with Gasteiger partial charge in [0.05, 0.1) is 6.10 Å². The van der Waals surface area contributed by atoms with E-state index in [9.17, 15) is 5.11 Å². The Hall–Kier alpha value is -1.81. The van der Waals surface area contributed by atoms with E-state index in [4.69, 9.17) is 5.73 Å². The van der Waals surface area contributed by atoms with Crippen LogP contribution in [0.3, 0.4) is 0 Å². The van der Waals surface area contributed by atoms with Gasteiger partial charge in [0, 0.05) is 47.6 Å². The van der Waals surface area contributed by atoms with Crippen LogP contribution >= 0.6 is 0 Å². The van der Waals surface area contributed by atoms with E-state index < -0.39 is 0 Å². The Kier molecular flexibility index (Phi) is 3.03. The third-order valence-corrected chi connectivity index (χ3v) is 4.03. The first-order chi connectivity index (χ1) is 9.16. The summed E-state index contributed by atoms with van der Waals surface area (Å²) < 4.78 is 0. The Morgan fingerprint density at radius 3 is 2.95 bits per heavy atom. The lowest BCUT2D eigenvalue weighted by molar-refractivity contribution is 0.0972. The van der Waals surface area contributed by atoms with E-state index in [1.165, 1.54) is 5.69 Å². The molecular weight excluding hydrogens is 238 g/mol. The van der Waals surface area contributed by atoms with Crippen molar-refractivity contribution >= 4 is 22.1 Å². The summed E-state index contributed by atoms with van der Waals surface area (Å²) >= 11 is 0. The number of nitrogens with zero attached hydrogens (tertiary/aromatic N) is 2. The Morgan fingerprint density at radius 1 is 1.32 bits per heavy atom. The van der Waals surface area contributed by atoms with Crippen molar-refractivity contribution in [1.82, 2.24) is 4.98 Å². The number of nitrogens with two attached hydrogens (primary N) is 1. The normalized spacial score (nSPS) is 23.8. The molecule has 1 aromatic carbocycles.